The van der Waals surface area contributed by atoms with Crippen LogP contribution in [0.5, 0.6) is 0 Å². The van der Waals surface area contributed by atoms with Gasteiger partial charge in [0.25, 0.3) is 0 Å². The van der Waals surface area contributed by atoms with E-state index >= 15 is 0 Å². The van der Waals surface area contributed by atoms with Crippen LogP contribution in [-0.2, 0) is 6.54 Å². The molecule has 19 heavy (non-hydrogen) atoms. The lowest BCUT2D eigenvalue weighted by Crippen LogP contribution is -2.39. The summed E-state index contributed by atoms with van der Waals surface area (Å²) in [5.41, 5.74) is 4.32. The fourth-order valence-corrected chi connectivity index (χ4v) is 3.66. The van der Waals surface area contributed by atoms with E-state index in [1.54, 1.807) is 0 Å². The third-order valence-corrected chi connectivity index (χ3v) is 5.19. The van der Waals surface area contributed by atoms with E-state index in [1.165, 1.54) is 34.4 Å². The van der Waals surface area contributed by atoms with Crippen LogP contribution in [0, 0.1) is 13.8 Å². The van der Waals surface area contributed by atoms with Crippen LogP contribution in [0.4, 0.5) is 0 Å². The maximum Gasteiger partial charge on any atom is 0.0304 e. The van der Waals surface area contributed by atoms with Gasteiger partial charge in [-0.3, -0.25) is 0 Å². The molecule has 2 heteroatoms. The van der Waals surface area contributed by atoms with Crippen LogP contribution >= 0.6 is 11.3 Å². The highest BCUT2D eigenvalue weighted by atomic mass is 32.1. The Hall–Kier alpha value is -1.12. The standard InChI is InChI=1S/C17H21NS/c1-12-4-3-5-14(8-12)15-9-16(10-15)18-11-17-13(2)6-7-19-17/h3-8,15-16,18H,9-11H2,1-2H3. The van der Waals surface area contributed by atoms with Crippen molar-refractivity contribution in [2.24, 2.45) is 0 Å². The topological polar surface area (TPSA) is 12.0 Å². The van der Waals surface area contributed by atoms with Crippen molar-refractivity contribution in [3.8, 4) is 0 Å². The Balaban J connectivity index is 1.49. The van der Waals surface area contributed by atoms with Crippen LogP contribution in [-0.4, -0.2) is 6.04 Å². The number of aryl methyl sites for hydroxylation is 2. The molecule has 0 amide bonds. The molecule has 0 bridgehead atoms. The maximum atomic E-state index is 3.69. The summed E-state index contributed by atoms with van der Waals surface area (Å²) >= 11 is 1.86. The predicted molar refractivity (Wildman–Crippen MR) is 82.8 cm³/mol. The van der Waals surface area contributed by atoms with E-state index in [-0.39, 0.29) is 0 Å². The summed E-state index contributed by atoms with van der Waals surface area (Å²) in [5, 5.41) is 5.87. The summed E-state index contributed by atoms with van der Waals surface area (Å²) in [6, 6.07) is 11.9. The van der Waals surface area contributed by atoms with Crippen LogP contribution < -0.4 is 5.32 Å². The van der Waals surface area contributed by atoms with Gasteiger partial charge >= 0.3 is 0 Å². The molecule has 0 spiro atoms. The third-order valence-electron chi connectivity index (χ3n) is 4.17. The molecule has 1 aromatic carbocycles. The molecule has 3 rings (SSSR count). The molecule has 1 aliphatic carbocycles. The molecule has 1 heterocycles. The van der Waals surface area contributed by atoms with Crippen molar-refractivity contribution < 1.29 is 0 Å². The molecule has 0 unspecified atom stereocenters. The lowest BCUT2D eigenvalue weighted by Gasteiger charge is -2.36. The molecule has 1 aliphatic rings. The molecule has 1 saturated carbocycles. The quantitative estimate of drug-likeness (QED) is 0.869. The Morgan fingerprint density at radius 2 is 2.05 bits per heavy atom. The van der Waals surface area contributed by atoms with Crippen molar-refractivity contribution >= 4 is 11.3 Å². The minimum absolute atomic E-state index is 0.701. The zero-order valence-electron chi connectivity index (χ0n) is 11.6. The highest BCUT2D eigenvalue weighted by molar-refractivity contribution is 7.10. The fraction of sp³-hybridized carbons (Fsp3) is 0.412. The number of hydrogen-bond acceptors (Lipinski definition) is 2. The highest BCUT2D eigenvalue weighted by Gasteiger charge is 2.29. The second-order valence-electron chi connectivity index (χ2n) is 5.69. The largest absolute Gasteiger partial charge is 0.309 e. The van der Waals surface area contributed by atoms with Crippen molar-refractivity contribution in [2.75, 3.05) is 0 Å². The van der Waals surface area contributed by atoms with Crippen molar-refractivity contribution in [3.05, 3.63) is 57.3 Å². The van der Waals surface area contributed by atoms with Gasteiger partial charge in [0.1, 0.15) is 0 Å². The lowest BCUT2D eigenvalue weighted by atomic mass is 9.75. The van der Waals surface area contributed by atoms with Gasteiger partial charge in [0, 0.05) is 17.5 Å². The fourth-order valence-electron chi connectivity index (χ4n) is 2.80. The Labute approximate surface area is 119 Å². The molecule has 1 N–H and O–H groups in total. The minimum atomic E-state index is 0.701. The van der Waals surface area contributed by atoms with Crippen LogP contribution in [0.3, 0.4) is 0 Å². The first-order valence-electron chi connectivity index (χ1n) is 7.05. The highest BCUT2D eigenvalue weighted by Crippen LogP contribution is 2.37. The summed E-state index contributed by atoms with van der Waals surface area (Å²) < 4.78 is 0. The van der Waals surface area contributed by atoms with E-state index in [0.29, 0.717) is 6.04 Å². The molecular weight excluding hydrogens is 250 g/mol. The second kappa shape index (κ2) is 5.48. The number of hydrogen-bond donors (Lipinski definition) is 1. The molecule has 0 saturated heterocycles. The first-order chi connectivity index (χ1) is 9.22. The SMILES string of the molecule is Cc1cccc(C2CC(NCc3sccc3C)C2)c1. The molecule has 1 aromatic heterocycles. The van der Waals surface area contributed by atoms with Gasteiger partial charge < -0.3 is 5.32 Å². The molecular formula is C17H21NS. The van der Waals surface area contributed by atoms with E-state index in [0.717, 1.165) is 12.5 Å². The van der Waals surface area contributed by atoms with E-state index in [4.69, 9.17) is 0 Å². The van der Waals surface area contributed by atoms with Crippen LogP contribution in [0.25, 0.3) is 0 Å². The first-order valence-corrected chi connectivity index (χ1v) is 7.93. The van der Waals surface area contributed by atoms with Crippen molar-refractivity contribution in [2.45, 2.75) is 45.2 Å². The Bertz CT molecular complexity index is 552. The first kappa shape index (κ1) is 12.9. The number of rotatable bonds is 4. The van der Waals surface area contributed by atoms with Crippen molar-refractivity contribution in [1.82, 2.24) is 5.32 Å². The Morgan fingerprint density at radius 3 is 2.74 bits per heavy atom. The smallest absolute Gasteiger partial charge is 0.0304 e. The Kier molecular flexibility index (Phi) is 3.72. The third kappa shape index (κ3) is 2.90. The molecule has 1 nitrogen and oxygen atoms in total. The van der Waals surface area contributed by atoms with Gasteiger partial charge in [0.15, 0.2) is 0 Å². The van der Waals surface area contributed by atoms with Gasteiger partial charge in [0.2, 0.25) is 0 Å². The predicted octanol–water partition coefficient (Wildman–Crippen LogP) is 4.40. The molecule has 1 fully saturated rings. The Morgan fingerprint density at radius 1 is 1.21 bits per heavy atom. The van der Waals surface area contributed by atoms with Gasteiger partial charge in [0.05, 0.1) is 0 Å². The molecule has 0 radical (unpaired) electrons. The molecule has 0 aliphatic heterocycles. The van der Waals surface area contributed by atoms with Crippen molar-refractivity contribution in [1.29, 1.82) is 0 Å². The lowest BCUT2D eigenvalue weighted by molar-refractivity contribution is 0.290. The molecule has 0 atom stereocenters. The summed E-state index contributed by atoms with van der Waals surface area (Å²) in [7, 11) is 0. The zero-order valence-corrected chi connectivity index (χ0v) is 12.5. The molecule has 2 aromatic rings. The van der Waals surface area contributed by atoms with E-state index < -0.39 is 0 Å². The number of nitrogens with one attached hydrogen (secondary N) is 1. The summed E-state index contributed by atoms with van der Waals surface area (Å²) in [6.45, 7) is 5.41. The van der Waals surface area contributed by atoms with Gasteiger partial charge in [-0.25, -0.2) is 0 Å². The maximum absolute atomic E-state index is 3.69. The van der Waals surface area contributed by atoms with Crippen LogP contribution in [0.15, 0.2) is 35.7 Å². The van der Waals surface area contributed by atoms with E-state index in [9.17, 15) is 0 Å². The molecule has 100 valence electrons. The van der Waals surface area contributed by atoms with E-state index in [1.807, 2.05) is 11.3 Å². The number of benzene rings is 1. The number of thiophene rings is 1. The van der Waals surface area contributed by atoms with Gasteiger partial charge in [-0.05, 0) is 55.2 Å². The monoisotopic (exact) mass is 271 g/mol. The average Bonchev–Trinajstić information content (AvgIpc) is 2.73. The van der Waals surface area contributed by atoms with Crippen molar-refractivity contribution in [3.63, 3.8) is 0 Å². The van der Waals surface area contributed by atoms with Crippen LogP contribution in [0.2, 0.25) is 0 Å². The zero-order chi connectivity index (χ0) is 13.2. The van der Waals surface area contributed by atoms with Gasteiger partial charge in [-0.2, -0.15) is 0 Å². The summed E-state index contributed by atoms with van der Waals surface area (Å²) in [6.07, 6.45) is 2.57. The van der Waals surface area contributed by atoms with Gasteiger partial charge in [-0.15, -0.1) is 11.3 Å². The normalized spacial score (nSPS) is 22.2. The van der Waals surface area contributed by atoms with E-state index in [2.05, 4.69) is 54.9 Å². The minimum Gasteiger partial charge on any atom is -0.309 e. The van der Waals surface area contributed by atoms with Crippen LogP contribution in [0.1, 0.15) is 40.3 Å². The average molecular weight is 271 g/mol. The second-order valence-corrected chi connectivity index (χ2v) is 6.69. The summed E-state index contributed by atoms with van der Waals surface area (Å²) in [4.78, 5) is 1.49. The van der Waals surface area contributed by atoms with Gasteiger partial charge in [-0.1, -0.05) is 29.8 Å². The summed E-state index contributed by atoms with van der Waals surface area (Å²) in [5.74, 6) is 0.766.